The number of benzene rings is 1. The number of amides is 1. The molecule has 4 aromatic rings. The molecule has 0 aliphatic heterocycles. The third-order valence-corrected chi connectivity index (χ3v) is 4.08. The number of nitrogens with zero attached hydrogens (tertiary/aromatic N) is 5. The first-order valence-electron chi connectivity index (χ1n) is 8.38. The highest BCUT2D eigenvalue weighted by Crippen LogP contribution is 2.22. The lowest BCUT2D eigenvalue weighted by molar-refractivity contribution is 0.0994. The Morgan fingerprint density at radius 2 is 1.89 bits per heavy atom. The van der Waals surface area contributed by atoms with E-state index in [4.69, 9.17) is 5.73 Å². The van der Waals surface area contributed by atoms with Gasteiger partial charge in [-0.05, 0) is 24.6 Å². The summed E-state index contributed by atoms with van der Waals surface area (Å²) in [4.78, 5) is 29.2. The van der Waals surface area contributed by atoms with E-state index in [1.54, 1.807) is 29.8 Å². The van der Waals surface area contributed by atoms with Crippen molar-refractivity contribution >= 4 is 17.4 Å². The van der Waals surface area contributed by atoms with Crippen molar-refractivity contribution in [2.24, 2.45) is 5.73 Å². The number of pyridine rings is 1. The molecule has 8 heteroatoms. The van der Waals surface area contributed by atoms with Crippen molar-refractivity contribution in [1.82, 2.24) is 24.3 Å². The molecule has 1 aromatic carbocycles. The summed E-state index contributed by atoms with van der Waals surface area (Å²) in [5.74, 6) is 0.945. The minimum Gasteiger partial charge on any atom is -0.364 e. The van der Waals surface area contributed by atoms with E-state index in [0.717, 1.165) is 5.56 Å². The predicted molar refractivity (Wildman–Crippen MR) is 101 cm³/mol. The van der Waals surface area contributed by atoms with Crippen LogP contribution in [0.3, 0.4) is 0 Å². The summed E-state index contributed by atoms with van der Waals surface area (Å²) in [6.07, 6.45) is 1.54. The molecule has 0 radical (unpaired) electrons. The van der Waals surface area contributed by atoms with Gasteiger partial charge >= 0.3 is 0 Å². The van der Waals surface area contributed by atoms with E-state index in [-0.39, 0.29) is 0 Å². The van der Waals surface area contributed by atoms with Crippen LogP contribution >= 0.6 is 0 Å². The van der Waals surface area contributed by atoms with Crippen molar-refractivity contribution < 1.29 is 4.79 Å². The Morgan fingerprint density at radius 1 is 1.07 bits per heavy atom. The van der Waals surface area contributed by atoms with Gasteiger partial charge in [-0.2, -0.15) is 9.97 Å². The summed E-state index contributed by atoms with van der Waals surface area (Å²) in [6, 6.07) is 15.2. The summed E-state index contributed by atoms with van der Waals surface area (Å²) in [6.45, 7) is 2.39. The minimum absolute atomic E-state index is 0.347. The van der Waals surface area contributed by atoms with Gasteiger partial charge in [-0.15, -0.1) is 0 Å². The summed E-state index contributed by atoms with van der Waals surface area (Å²) < 4.78 is 1.63. The van der Waals surface area contributed by atoms with Crippen LogP contribution in [0.25, 0.3) is 17.0 Å². The SMILES string of the molecule is Cc1nc(NCc2ccccc2)nc(-c2ncn3c(C(N)=O)cccc23)n1. The van der Waals surface area contributed by atoms with Crippen molar-refractivity contribution in [1.29, 1.82) is 0 Å². The molecule has 0 aliphatic carbocycles. The van der Waals surface area contributed by atoms with E-state index in [1.807, 2.05) is 36.4 Å². The summed E-state index contributed by atoms with van der Waals surface area (Å²) in [5.41, 5.74) is 8.16. The fourth-order valence-electron chi connectivity index (χ4n) is 2.84. The number of aromatic nitrogens is 5. The molecule has 8 nitrogen and oxygen atoms in total. The minimum atomic E-state index is -0.526. The molecule has 0 bridgehead atoms. The number of fused-ring (bicyclic) bond motifs is 1. The molecule has 27 heavy (non-hydrogen) atoms. The zero-order valence-electron chi connectivity index (χ0n) is 14.6. The molecule has 3 heterocycles. The number of primary amides is 1. The first kappa shape index (κ1) is 16.6. The van der Waals surface area contributed by atoms with Gasteiger partial charge in [0.1, 0.15) is 23.5 Å². The van der Waals surface area contributed by atoms with Gasteiger partial charge in [0.05, 0.1) is 5.52 Å². The van der Waals surface area contributed by atoms with Gasteiger partial charge in [0.2, 0.25) is 5.95 Å². The number of hydrogen-bond donors (Lipinski definition) is 2. The highest BCUT2D eigenvalue weighted by atomic mass is 16.1. The number of aryl methyl sites for hydroxylation is 1. The predicted octanol–water partition coefficient (Wildman–Crippen LogP) is 2.21. The van der Waals surface area contributed by atoms with Crippen LogP contribution in [0.2, 0.25) is 0 Å². The number of anilines is 1. The van der Waals surface area contributed by atoms with Crippen molar-refractivity contribution in [3.63, 3.8) is 0 Å². The van der Waals surface area contributed by atoms with Crippen LogP contribution in [0.1, 0.15) is 21.9 Å². The molecule has 4 rings (SSSR count). The monoisotopic (exact) mass is 359 g/mol. The second-order valence-electron chi connectivity index (χ2n) is 5.99. The molecule has 0 atom stereocenters. The van der Waals surface area contributed by atoms with Crippen LogP contribution in [0.5, 0.6) is 0 Å². The molecule has 0 spiro atoms. The summed E-state index contributed by atoms with van der Waals surface area (Å²) >= 11 is 0. The Hall–Kier alpha value is -3.81. The molecular weight excluding hydrogens is 342 g/mol. The topological polar surface area (TPSA) is 111 Å². The zero-order chi connectivity index (χ0) is 18.8. The molecule has 0 unspecified atom stereocenters. The molecule has 0 aliphatic rings. The van der Waals surface area contributed by atoms with Crippen LogP contribution < -0.4 is 11.1 Å². The average Bonchev–Trinajstić information content (AvgIpc) is 3.11. The van der Waals surface area contributed by atoms with Gasteiger partial charge in [0, 0.05) is 6.54 Å². The van der Waals surface area contributed by atoms with E-state index in [0.29, 0.717) is 41.0 Å². The largest absolute Gasteiger partial charge is 0.364 e. The summed E-state index contributed by atoms with van der Waals surface area (Å²) in [7, 11) is 0. The lowest BCUT2D eigenvalue weighted by Gasteiger charge is -2.07. The number of nitrogens with one attached hydrogen (secondary N) is 1. The molecule has 134 valence electrons. The standard InChI is InChI=1S/C19H17N7O/c1-12-23-18(25-19(24-12)21-10-13-6-3-2-4-7-13)16-14-8-5-9-15(17(20)27)26(14)11-22-16/h2-9,11H,10H2,1H3,(H2,20,27)(H,21,23,24,25). The van der Waals surface area contributed by atoms with Gasteiger partial charge in [-0.3, -0.25) is 9.20 Å². The number of nitrogens with two attached hydrogens (primary N) is 1. The van der Waals surface area contributed by atoms with Crippen molar-refractivity contribution in [3.8, 4) is 11.5 Å². The Bertz CT molecular complexity index is 1120. The van der Waals surface area contributed by atoms with Crippen LogP contribution in [-0.4, -0.2) is 30.2 Å². The average molecular weight is 359 g/mol. The lowest BCUT2D eigenvalue weighted by Crippen LogP contribution is -2.14. The van der Waals surface area contributed by atoms with Crippen LogP contribution in [-0.2, 0) is 6.54 Å². The van der Waals surface area contributed by atoms with Gasteiger partial charge < -0.3 is 11.1 Å². The fraction of sp³-hybridized carbons (Fsp3) is 0.105. The molecule has 0 fully saturated rings. The second kappa shape index (κ2) is 6.83. The number of imidazole rings is 1. The first-order chi connectivity index (χ1) is 13.1. The number of carbonyl (C=O) groups excluding carboxylic acids is 1. The van der Waals surface area contributed by atoms with Crippen LogP contribution in [0.15, 0.2) is 54.9 Å². The van der Waals surface area contributed by atoms with E-state index < -0.39 is 5.91 Å². The second-order valence-corrected chi connectivity index (χ2v) is 5.99. The Labute approximate surface area is 155 Å². The van der Waals surface area contributed by atoms with Crippen molar-refractivity contribution in [2.45, 2.75) is 13.5 Å². The van der Waals surface area contributed by atoms with Crippen LogP contribution in [0.4, 0.5) is 5.95 Å². The molecule has 0 saturated carbocycles. The molecule has 3 N–H and O–H groups in total. The molecule has 3 aromatic heterocycles. The Morgan fingerprint density at radius 3 is 2.67 bits per heavy atom. The summed E-state index contributed by atoms with van der Waals surface area (Å²) in [5, 5.41) is 3.21. The van der Waals surface area contributed by atoms with Crippen molar-refractivity contribution in [2.75, 3.05) is 5.32 Å². The van der Waals surface area contributed by atoms with Gasteiger partial charge in [0.15, 0.2) is 5.82 Å². The Balaban J connectivity index is 1.70. The Kier molecular flexibility index (Phi) is 4.21. The van der Waals surface area contributed by atoms with E-state index in [9.17, 15) is 4.79 Å². The third kappa shape index (κ3) is 3.32. The smallest absolute Gasteiger partial charge is 0.265 e. The highest BCUT2D eigenvalue weighted by Gasteiger charge is 2.15. The maximum atomic E-state index is 11.6. The van der Waals surface area contributed by atoms with Crippen molar-refractivity contribution in [3.05, 3.63) is 71.9 Å². The zero-order valence-corrected chi connectivity index (χ0v) is 14.6. The number of carbonyl (C=O) groups is 1. The maximum Gasteiger partial charge on any atom is 0.265 e. The molecule has 1 amide bonds. The highest BCUT2D eigenvalue weighted by molar-refractivity contribution is 5.92. The van der Waals surface area contributed by atoms with Gasteiger partial charge in [-0.1, -0.05) is 36.4 Å². The van der Waals surface area contributed by atoms with E-state index in [2.05, 4.69) is 25.3 Å². The quantitative estimate of drug-likeness (QED) is 0.565. The van der Waals surface area contributed by atoms with Gasteiger partial charge in [-0.25, -0.2) is 9.97 Å². The van der Waals surface area contributed by atoms with Crippen LogP contribution in [0, 0.1) is 6.92 Å². The van der Waals surface area contributed by atoms with E-state index >= 15 is 0 Å². The lowest BCUT2D eigenvalue weighted by atomic mass is 10.2. The number of rotatable bonds is 5. The molecule has 0 saturated heterocycles. The maximum absolute atomic E-state index is 11.6. The third-order valence-electron chi connectivity index (χ3n) is 4.08. The molecular formula is C19H17N7O. The fourth-order valence-corrected chi connectivity index (χ4v) is 2.84. The number of hydrogen-bond acceptors (Lipinski definition) is 6. The normalized spacial score (nSPS) is 10.9. The first-order valence-corrected chi connectivity index (χ1v) is 8.38. The van der Waals surface area contributed by atoms with E-state index in [1.165, 1.54) is 0 Å². The van der Waals surface area contributed by atoms with Gasteiger partial charge in [0.25, 0.3) is 5.91 Å².